The SMILES string of the molecule is C.C.C.CC(C)(C)CC=O.CCC(C)(C)C.COC(=O)[C@H](Cc1ccccc1)NC(=O)[C@@H](N)CC(=O)O.COC(=O)[C@H](Cc1ccccc1)NC(=O)[C@H](CC(=O)O)NCCC(C)(C)C.[HH]. The molecule has 64 heavy (non-hydrogen) atoms. The summed E-state index contributed by atoms with van der Waals surface area (Å²) >= 11 is 0. The molecule has 0 radical (unpaired) electrons. The first-order valence-electron chi connectivity index (χ1n) is 20.4. The lowest BCUT2D eigenvalue weighted by Gasteiger charge is -2.23. The number of methoxy groups -OCH3 is 2. The molecule has 0 bridgehead atoms. The van der Waals surface area contributed by atoms with Crippen LogP contribution in [-0.4, -0.2) is 97.1 Å². The van der Waals surface area contributed by atoms with E-state index in [-0.39, 0.29) is 53.8 Å². The van der Waals surface area contributed by atoms with Gasteiger partial charge in [-0.25, -0.2) is 9.59 Å². The molecule has 0 spiro atoms. The van der Waals surface area contributed by atoms with E-state index in [1.54, 1.807) is 12.1 Å². The van der Waals surface area contributed by atoms with Gasteiger partial charge in [0.2, 0.25) is 11.8 Å². The van der Waals surface area contributed by atoms with Gasteiger partial charge in [0, 0.05) is 20.7 Å². The van der Waals surface area contributed by atoms with E-state index >= 15 is 0 Å². The lowest BCUT2D eigenvalue weighted by Crippen LogP contribution is -2.52. The molecule has 7 N–H and O–H groups in total. The molecule has 0 aromatic heterocycles. The Kier molecular flexibility index (Phi) is 37.4. The topological polar surface area (TPSA) is 241 Å². The largest absolute Gasteiger partial charge is 0.481 e. The number of aliphatic carboxylic acids is 2. The van der Waals surface area contributed by atoms with E-state index < -0.39 is 66.3 Å². The maximum absolute atomic E-state index is 12.6. The van der Waals surface area contributed by atoms with E-state index in [0.717, 1.165) is 23.8 Å². The summed E-state index contributed by atoms with van der Waals surface area (Å²) in [5.41, 5.74) is 7.93. The van der Waals surface area contributed by atoms with Crippen LogP contribution in [0.25, 0.3) is 0 Å². The van der Waals surface area contributed by atoms with Crippen molar-refractivity contribution in [1.82, 2.24) is 16.0 Å². The van der Waals surface area contributed by atoms with Crippen molar-refractivity contribution >= 4 is 42.0 Å². The summed E-state index contributed by atoms with van der Waals surface area (Å²) in [6.07, 6.45) is 3.29. The second-order valence-electron chi connectivity index (χ2n) is 18.0. The smallest absolute Gasteiger partial charge is 0.328 e. The maximum atomic E-state index is 12.6. The molecule has 2 aromatic carbocycles. The van der Waals surface area contributed by atoms with Crippen molar-refractivity contribution in [3.8, 4) is 0 Å². The van der Waals surface area contributed by atoms with Gasteiger partial charge in [-0.05, 0) is 40.3 Å². The molecule has 370 valence electrons. The Balaban J connectivity index is -0.000000203. The lowest BCUT2D eigenvalue weighted by molar-refractivity contribution is -0.146. The Bertz CT molecular complexity index is 1610. The number of hydrogen-bond acceptors (Lipinski definition) is 11. The van der Waals surface area contributed by atoms with Crippen molar-refractivity contribution < 1.29 is 54.7 Å². The Labute approximate surface area is 386 Å². The molecular formula is C49H88N4O11. The van der Waals surface area contributed by atoms with Gasteiger partial charge in [0.15, 0.2) is 0 Å². The number of aldehydes is 1. The van der Waals surface area contributed by atoms with Gasteiger partial charge in [-0.1, -0.05) is 159 Å². The van der Waals surface area contributed by atoms with Gasteiger partial charge in [-0.15, -0.1) is 0 Å². The van der Waals surface area contributed by atoms with Gasteiger partial charge in [-0.2, -0.15) is 0 Å². The van der Waals surface area contributed by atoms with Crippen LogP contribution in [0.1, 0.15) is 136 Å². The zero-order valence-corrected chi connectivity index (χ0v) is 38.5. The maximum Gasteiger partial charge on any atom is 0.328 e. The van der Waals surface area contributed by atoms with Crippen molar-refractivity contribution in [3.63, 3.8) is 0 Å². The first-order chi connectivity index (χ1) is 28.2. The number of esters is 2. The summed E-state index contributed by atoms with van der Waals surface area (Å²) in [7, 11) is 2.46. The second-order valence-corrected chi connectivity index (χ2v) is 18.0. The molecule has 0 saturated carbocycles. The van der Waals surface area contributed by atoms with E-state index in [4.69, 9.17) is 20.7 Å². The first kappa shape index (κ1) is 67.9. The zero-order chi connectivity index (χ0) is 47.4. The predicted octanol–water partition coefficient (Wildman–Crippen LogP) is 7.66. The molecule has 4 atom stereocenters. The highest BCUT2D eigenvalue weighted by molar-refractivity contribution is 5.90. The van der Waals surface area contributed by atoms with Crippen molar-refractivity contribution in [3.05, 3.63) is 71.8 Å². The van der Waals surface area contributed by atoms with Crippen LogP contribution in [0.2, 0.25) is 0 Å². The highest BCUT2D eigenvalue weighted by atomic mass is 16.5. The molecule has 0 fully saturated rings. The van der Waals surface area contributed by atoms with Gasteiger partial charge < -0.3 is 46.2 Å². The number of ether oxygens (including phenoxy) is 2. The fraction of sp³-hybridized carbons (Fsp3) is 0.612. The van der Waals surface area contributed by atoms with E-state index in [9.17, 15) is 33.6 Å². The molecule has 0 aliphatic heterocycles. The Morgan fingerprint density at radius 1 is 0.641 bits per heavy atom. The fourth-order valence-corrected chi connectivity index (χ4v) is 4.51. The summed E-state index contributed by atoms with van der Waals surface area (Å²) in [6.45, 7) is 21.8. The van der Waals surface area contributed by atoms with Gasteiger partial charge in [0.05, 0.1) is 39.1 Å². The van der Waals surface area contributed by atoms with Crippen molar-refractivity contribution in [2.24, 2.45) is 22.0 Å². The van der Waals surface area contributed by atoms with Crippen LogP contribution < -0.4 is 21.7 Å². The van der Waals surface area contributed by atoms with Crippen molar-refractivity contribution in [1.29, 1.82) is 0 Å². The quantitative estimate of drug-likeness (QED) is 0.0623. The Morgan fingerprint density at radius 2 is 1.02 bits per heavy atom. The number of benzene rings is 2. The Morgan fingerprint density at radius 3 is 1.30 bits per heavy atom. The Hall–Kier alpha value is -5.15. The van der Waals surface area contributed by atoms with Crippen molar-refractivity contribution in [2.75, 3.05) is 20.8 Å². The normalized spacial score (nSPS) is 12.3. The minimum atomic E-state index is -1.22. The second kappa shape index (κ2) is 35.2. The zero-order valence-electron chi connectivity index (χ0n) is 38.5. The van der Waals surface area contributed by atoms with Gasteiger partial charge in [0.25, 0.3) is 0 Å². The number of carboxylic acids is 2. The van der Waals surface area contributed by atoms with Crippen LogP contribution in [-0.2, 0) is 55.9 Å². The molecule has 2 rings (SSSR count). The van der Waals surface area contributed by atoms with E-state index in [1.807, 2.05) is 69.3 Å². The number of carboxylic acid groups (broad SMARTS) is 2. The van der Waals surface area contributed by atoms with E-state index in [0.29, 0.717) is 18.4 Å². The van der Waals surface area contributed by atoms with Gasteiger partial charge >= 0.3 is 23.9 Å². The van der Waals surface area contributed by atoms with Crippen molar-refractivity contribution in [2.45, 2.75) is 161 Å². The van der Waals surface area contributed by atoms with Crippen LogP contribution in [0, 0.1) is 16.2 Å². The summed E-state index contributed by atoms with van der Waals surface area (Å²) < 4.78 is 9.42. The fourth-order valence-electron chi connectivity index (χ4n) is 4.51. The monoisotopic (exact) mass is 909 g/mol. The van der Waals surface area contributed by atoms with Crippen LogP contribution in [0.4, 0.5) is 0 Å². The highest BCUT2D eigenvalue weighted by Crippen LogP contribution is 2.18. The molecule has 0 unspecified atom stereocenters. The number of carbonyl (C=O) groups is 7. The summed E-state index contributed by atoms with van der Waals surface area (Å²) in [5.74, 6) is -4.70. The molecule has 0 heterocycles. The average Bonchev–Trinajstić information content (AvgIpc) is 3.16. The standard InChI is InChI=1S/C20H30N2O5.C14H18N2O5.C6H12O.C6H14.3CH4.H2/c1-20(2,3)10-11-21-15(13-17(23)24)18(25)22-16(19(26)27-4)12-14-8-6-5-7-9-14;1-21-14(20)11(7-9-5-3-2-4-6-9)16-13(19)10(15)8-12(17)18;1-6(2,3)4-5-7;1-5-6(2,3)4;;;;/h5-9,15-16,21H,10-13H2,1-4H3,(H,22,25)(H,23,24);2-6,10-11H,7-8,15H2,1H3,(H,16,19)(H,17,18);5H,4H2,1-3H3;5H2,1-4H3;3*1H4;1H/t15-,16-;10-,11-;;;;;;/m00....../s1. The summed E-state index contributed by atoms with van der Waals surface area (Å²) in [6, 6.07) is 14.3. The van der Waals surface area contributed by atoms with Crippen LogP contribution >= 0.6 is 0 Å². The minimum absolute atomic E-state index is 0. The number of amides is 2. The van der Waals surface area contributed by atoms with Crippen LogP contribution in [0.15, 0.2) is 60.7 Å². The molecule has 0 aliphatic rings. The van der Waals surface area contributed by atoms with Gasteiger partial charge in [-0.3, -0.25) is 19.2 Å². The van der Waals surface area contributed by atoms with E-state index in [2.05, 4.69) is 69.2 Å². The third-order valence-electron chi connectivity index (χ3n) is 8.62. The number of nitrogens with one attached hydrogen (secondary N) is 3. The third-order valence-corrected chi connectivity index (χ3v) is 8.62. The van der Waals surface area contributed by atoms with Crippen LogP contribution in [0.3, 0.4) is 0 Å². The summed E-state index contributed by atoms with van der Waals surface area (Å²) in [4.78, 5) is 79.7. The first-order valence-corrected chi connectivity index (χ1v) is 20.4. The summed E-state index contributed by atoms with van der Waals surface area (Å²) in [5, 5.41) is 25.7. The molecule has 2 aromatic rings. The molecule has 15 nitrogen and oxygen atoms in total. The molecule has 0 saturated heterocycles. The van der Waals surface area contributed by atoms with E-state index in [1.165, 1.54) is 20.6 Å². The number of rotatable bonds is 18. The lowest BCUT2D eigenvalue weighted by atomic mass is 9.92. The van der Waals surface area contributed by atoms with Crippen LogP contribution in [0.5, 0.6) is 0 Å². The predicted molar refractivity (Wildman–Crippen MR) is 259 cm³/mol. The van der Waals surface area contributed by atoms with Gasteiger partial charge in [0.1, 0.15) is 18.4 Å². The number of hydrogen-bond donors (Lipinski definition) is 6. The molecule has 15 heteroatoms. The number of nitrogens with two attached hydrogens (primary N) is 1. The average molecular weight is 909 g/mol. The highest BCUT2D eigenvalue weighted by Gasteiger charge is 2.29. The number of carbonyl (C=O) groups excluding carboxylic acids is 5. The molecule has 0 aliphatic carbocycles. The molecule has 2 amide bonds. The minimum Gasteiger partial charge on any atom is -0.481 e. The molecular weight excluding hydrogens is 821 g/mol. The third kappa shape index (κ3) is 37.4.